The van der Waals surface area contributed by atoms with Crippen molar-refractivity contribution in [1.29, 1.82) is 0 Å². The Hall–Kier alpha value is -0.620. The first-order valence-electron chi connectivity index (χ1n) is 4.45. The van der Waals surface area contributed by atoms with Crippen LogP contribution in [0.5, 0.6) is 0 Å². The van der Waals surface area contributed by atoms with Gasteiger partial charge in [-0.05, 0) is 53.3 Å². The summed E-state index contributed by atoms with van der Waals surface area (Å²) < 4.78 is 1.11. The molecule has 0 saturated heterocycles. The van der Waals surface area contributed by atoms with Crippen LogP contribution in [0.1, 0.15) is 23.7 Å². The van der Waals surface area contributed by atoms with Gasteiger partial charge in [0.15, 0.2) is 0 Å². The Morgan fingerprint density at radius 1 is 1.50 bits per heavy atom. The quantitative estimate of drug-likeness (QED) is 0.660. The zero-order valence-corrected chi connectivity index (χ0v) is 10.1. The van der Waals surface area contributed by atoms with Crippen LogP contribution in [0.4, 0.5) is 0 Å². The van der Waals surface area contributed by atoms with Crippen LogP contribution >= 0.6 is 22.6 Å². The van der Waals surface area contributed by atoms with E-state index in [0.29, 0.717) is 5.56 Å². The largest absolute Gasteiger partial charge is 0.337 e. The third kappa shape index (κ3) is 3.26. The van der Waals surface area contributed by atoms with Gasteiger partial charge in [-0.15, -0.1) is 0 Å². The highest BCUT2D eigenvalue weighted by molar-refractivity contribution is 14.1. The molecule has 4 heteroatoms. The Kier molecular flexibility index (Phi) is 4.34. The highest BCUT2D eigenvalue weighted by Gasteiger charge is 2.07. The van der Waals surface area contributed by atoms with Gasteiger partial charge in [0.05, 0.1) is 6.17 Å². The standard InChI is InChI=1S/C10H13IN2O/c1-2-9(12)13-10(14)7-3-5-8(11)6-4-7/h3-6,9H,2,12H2,1H3,(H,13,14). The number of nitrogens with two attached hydrogens (primary N) is 1. The number of nitrogens with one attached hydrogen (secondary N) is 1. The summed E-state index contributed by atoms with van der Waals surface area (Å²) in [5.41, 5.74) is 6.26. The molecule has 14 heavy (non-hydrogen) atoms. The number of hydrogen-bond donors (Lipinski definition) is 2. The van der Waals surface area contributed by atoms with Crippen LogP contribution in [0.25, 0.3) is 0 Å². The van der Waals surface area contributed by atoms with E-state index in [0.717, 1.165) is 9.99 Å². The van der Waals surface area contributed by atoms with Gasteiger partial charge in [0.1, 0.15) is 0 Å². The van der Waals surface area contributed by atoms with Crippen LogP contribution in [0, 0.1) is 3.57 Å². The van der Waals surface area contributed by atoms with Gasteiger partial charge in [0, 0.05) is 9.13 Å². The first kappa shape index (κ1) is 11.5. The molecule has 0 aliphatic heterocycles. The predicted octanol–water partition coefficient (Wildman–Crippen LogP) is 1.72. The molecule has 3 nitrogen and oxygen atoms in total. The Labute approximate surface area is 97.2 Å². The minimum atomic E-state index is -0.262. The Morgan fingerprint density at radius 2 is 2.07 bits per heavy atom. The fourth-order valence-electron chi connectivity index (χ4n) is 0.955. The van der Waals surface area contributed by atoms with Crippen molar-refractivity contribution in [2.24, 2.45) is 5.73 Å². The summed E-state index contributed by atoms with van der Waals surface area (Å²) >= 11 is 2.20. The van der Waals surface area contributed by atoms with Gasteiger partial charge >= 0.3 is 0 Å². The van der Waals surface area contributed by atoms with Crippen LogP contribution in [-0.4, -0.2) is 12.1 Å². The van der Waals surface area contributed by atoms with Gasteiger partial charge in [0.25, 0.3) is 5.91 Å². The summed E-state index contributed by atoms with van der Waals surface area (Å²) in [4.78, 5) is 11.5. The number of rotatable bonds is 3. The van der Waals surface area contributed by atoms with Gasteiger partial charge in [-0.3, -0.25) is 4.79 Å². The van der Waals surface area contributed by atoms with Crippen LogP contribution in [0.2, 0.25) is 0 Å². The second-order valence-corrected chi connectivity index (χ2v) is 4.24. The van der Waals surface area contributed by atoms with Gasteiger partial charge in [-0.1, -0.05) is 6.92 Å². The van der Waals surface area contributed by atoms with E-state index in [-0.39, 0.29) is 12.1 Å². The highest BCUT2D eigenvalue weighted by atomic mass is 127. The number of benzene rings is 1. The van der Waals surface area contributed by atoms with Crippen LogP contribution < -0.4 is 11.1 Å². The molecule has 1 amide bonds. The normalized spacial score (nSPS) is 12.2. The first-order chi connectivity index (χ1) is 6.63. The molecule has 3 N–H and O–H groups in total. The summed E-state index contributed by atoms with van der Waals surface area (Å²) in [7, 11) is 0. The lowest BCUT2D eigenvalue weighted by atomic mass is 10.2. The maximum absolute atomic E-state index is 11.5. The lowest BCUT2D eigenvalue weighted by Crippen LogP contribution is -2.40. The Bertz CT molecular complexity index is 310. The SMILES string of the molecule is CCC(N)NC(=O)c1ccc(I)cc1. The van der Waals surface area contributed by atoms with Gasteiger partial charge < -0.3 is 11.1 Å². The molecule has 0 heterocycles. The van der Waals surface area contributed by atoms with E-state index in [2.05, 4.69) is 27.9 Å². The van der Waals surface area contributed by atoms with Crippen molar-refractivity contribution in [3.05, 3.63) is 33.4 Å². The van der Waals surface area contributed by atoms with E-state index < -0.39 is 0 Å². The molecule has 0 aliphatic rings. The van der Waals surface area contributed by atoms with Crippen molar-refractivity contribution >= 4 is 28.5 Å². The molecule has 0 aromatic heterocycles. The van der Waals surface area contributed by atoms with Crippen LogP contribution in [0.15, 0.2) is 24.3 Å². The van der Waals surface area contributed by atoms with Crippen molar-refractivity contribution in [2.45, 2.75) is 19.5 Å². The lowest BCUT2D eigenvalue weighted by Gasteiger charge is -2.11. The third-order valence-electron chi connectivity index (χ3n) is 1.86. The number of amides is 1. The smallest absolute Gasteiger partial charge is 0.252 e. The molecule has 1 unspecified atom stereocenters. The van der Waals surface area contributed by atoms with E-state index in [1.54, 1.807) is 12.1 Å². The van der Waals surface area contributed by atoms with Crippen molar-refractivity contribution in [2.75, 3.05) is 0 Å². The fraction of sp³-hybridized carbons (Fsp3) is 0.300. The molecule has 0 bridgehead atoms. The summed E-state index contributed by atoms with van der Waals surface area (Å²) in [5, 5.41) is 2.70. The van der Waals surface area contributed by atoms with Crippen LogP contribution in [-0.2, 0) is 0 Å². The molecule has 1 rings (SSSR count). The molecule has 0 spiro atoms. The Balaban J connectivity index is 2.65. The average molecular weight is 304 g/mol. The average Bonchev–Trinajstić information content (AvgIpc) is 2.18. The van der Waals surface area contributed by atoms with E-state index in [4.69, 9.17) is 5.73 Å². The van der Waals surface area contributed by atoms with E-state index in [1.165, 1.54) is 0 Å². The summed E-state index contributed by atoms with van der Waals surface area (Å²) in [6.07, 6.45) is 0.470. The van der Waals surface area contributed by atoms with Crippen molar-refractivity contribution in [1.82, 2.24) is 5.32 Å². The van der Waals surface area contributed by atoms with E-state index >= 15 is 0 Å². The maximum atomic E-state index is 11.5. The molecule has 0 fully saturated rings. The van der Waals surface area contributed by atoms with Gasteiger partial charge in [-0.25, -0.2) is 0 Å². The molecule has 0 radical (unpaired) electrons. The zero-order chi connectivity index (χ0) is 10.6. The van der Waals surface area contributed by atoms with E-state index in [9.17, 15) is 4.79 Å². The number of hydrogen-bond acceptors (Lipinski definition) is 2. The van der Waals surface area contributed by atoms with Crippen molar-refractivity contribution in [3.8, 4) is 0 Å². The topological polar surface area (TPSA) is 55.1 Å². The minimum Gasteiger partial charge on any atom is -0.337 e. The molecule has 76 valence electrons. The van der Waals surface area contributed by atoms with Gasteiger partial charge in [-0.2, -0.15) is 0 Å². The summed E-state index contributed by atoms with van der Waals surface area (Å²) in [6, 6.07) is 7.37. The zero-order valence-electron chi connectivity index (χ0n) is 7.96. The van der Waals surface area contributed by atoms with Gasteiger partial charge in [0.2, 0.25) is 0 Å². The maximum Gasteiger partial charge on any atom is 0.252 e. The highest BCUT2D eigenvalue weighted by Crippen LogP contribution is 2.06. The number of carbonyl (C=O) groups excluding carboxylic acids is 1. The van der Waals surface area contributed by atoms with Crippen LogP contribution in [0.3, 0.4) is 0 Å². The second-order valence-electron chi connectivity index (χ2n) is 3.00. The number of carbonyl (C=O) groups is 1. The lowest BCUT2D eigenvalue weighted by molar-refractivity contribution is 0.0937. The monoisotopic (exact) mass is 304 g/mol. The molecular weight excluding hydrogens is 291 g/mol. The molecule has 1 aromatic rings. The second kappa shape index (κ2) is 5.31. The molecule has 1 atom stereocenters. The van der Waals surface area contributed by atoms with E-state index in [1.807, 2.05) is 19.1 Å². The van der Waals surface area contributed by atoms with Crippen molar-refractivity contribution < 1.29 is 4.79 Å². The summed E-state index contributed by atoms with van der Waals surface area (Å²) in [5.74, 6) is -0.115. The molecular formula is C10H13IN2O. The molecule has 0 saturated carbocycles. The third-order valence-corrected chi connectivity index (χ3v) is 2.58. The fourth-order valence-corrected chi connectivity index (χ4v) is 1.31. The molecule has 0 aliphatic carbocycles. The Morgan fingerprint density at radius 3 is 2.57 bits per heavy atom. The molecule has 1 aromatic carbocycles. The minimum absolute atomic E-state index is 0.115. The predicted molar refractivity (Wildman–Crippen MR) is 64.9 cm³/mol. The first-order valence-corrected chi connectivity index (χ1v) is 5.53. The van der Waals surface area contributed by atoms with Crippen molar-refractivity contribution in [3.63, 3.8) is 0 Å². The summed E-state index contributed by atoms with van der Waals surface area (Å²) in [6.45, 7) is 1.93. The number of halogens is 1.